The Hall–Kier alpha value is -3.42. The first-order valence-electron chi connectivity index (χ1n) is 12.9. The van der Waals surface area contributed by atoms with Crippen molar-refractivity contribution in [3.63, 3.8) is 0 Å². The van der Waals surface area contributed by atoms with Gasteiger partial charge in [-0.05, 0) is 75.3 Å². The number of hydrogen-bond acceptors (Lipinski definition) is 5. The number of pyridine rings is 1. The number of likely N-dealkylation sites (tertiary alicyclic amines) is 1. The van der Waals surface area contributed by atoms with Crippen LogP contribution >= 0.6 is 0 Å². The molecule has 1 aromatic heterocycles. The maximum absolute atomic E-state index is 13.4. The molecule has 2 aromatic rings. The number of piperidine rings is 1. The zero-order chi connectivity index (χ0) is 25.5. The second-order valence-corrected chi connectivity index (χ2v) is 9.93. The zero-order valence-electron chi connectivity index (χ0n) is 21.3. The first-order valence-corrected chi connectivity index (χ1v) is 12.9. The second-order valence-electron chi connectivity index (χ2n) is 9.93. The van der Waals surface area contributed by atoms with E-state index in [1.165, 1.54) is 0 Å². The van der Waals surface area contributed by atoms with Gasteiger partial charge in [-0.3, -0.25) is 19.4 Å². The number of nitrogens with one attached hydrogen (secondary N) is 2. The van der Waals surface area contributed by atoms with Crippen molar-refractivity contribution in [1.82, 2.24) is 20.5 Å². The summed E-state index contributed by atoms with van der Waals surface area (Å²) in [5.74, 6) is 0.496. The molecule has 0 unspecified atom stereocenters. The summed E-state index contributed by atoms with van der Waals surface area (Å²) in [4.78, 5) is 45.1. The van der Waals surface area contributed by atoms with E-state index in [9.17, 15) is 14.4 Å². The molecule has 0 radical (unpaired) electrons. The molecule has 1 fully saturated rings. The highest BCUT2D eigenvalue weighted by atomic mass is 16.5. The third-order valence-electron chi connectivity index (χ3n) is 7.35. The van der Waals surface area contributed by atoms with Crippen LogP contribution in [0.3, 0.4) is 0 Å². The highest BCUT2D eigenvalue weighted by Crippen LogP contribution is 2.37. The van der Waals surface area contributed by atoms with Crippen LogP contribution in [-0.4, -0.2) is 60.4 Å². The summed E-state index contributed by atoms with van der Waals surface area (Å²) in [6.45, 7) is 6.40. The minimum Gasteiger partial charge on any atom is -0.493 e. The van der Waals surface area contributed by atoms with E-state index in [0.29, 0.717) is 68.9 Å². The number of fused-ring (bicyclic) bond motifs is 1. The van der Waals surface area contributed by atoms with Crippen LogP contribution in [0.25, 0.3) is 0 Å². The minimum atomic E-state index is -0.505. The van der Waals surface area contributed by atoms with E-state index >= 15 is 0 Å². The van der Waals surface area contributed by atoms with Crippen molar-refractivity contribution in [3.8, 4) is 5.75 Å². The molecule has 1 spiro atoms. The lowest BCUT2D eigenvalue weighted by atomic mass is 9.73. The van der Waals surface area contributed by atoms with E-state index in [2.05, 4.69) is 15.6 Å². The molecule has 0 atom stereocenters. The smallest absolute Gasteiger partial charge is 0.255 e. The number of carbonyl (C=O) groups is 3. The third-order valence-corrected chi connectivity index (χ3v) is 7.35. The monoisotopic (exact) mass is 492 g/mol. The molecule has 2 aliphatic heterocycles. The number of benzene rings is 1. The third kappa shape index (κ3) is 5.86. The van der Waals surface area contributed by atoms with Gasteiger partial charge in [-0.15, -0.1) is 0 Å². The highest BCUT2D eigenvalue weighted by Gasteiger charge is 2.41. The Morgan fingerprint density at radius 1 is 1.00 bits per heavy atom. The summed E-state index contributed by atoms with van der Waals surface area (Å²) in [5.41, 5.74) is 2.58. The standard InChI is InChI=1S/C28H36N4O4/c1-20-6-7-23-24(18-20)36-17-5-13-31-27(35)28(9-3-4-12-30-25(23)33)10-15-32(16-11-28)26(34)22-8-14-29-19-21(22)2/h6-8,14,18-19H,3-5,9-13,15-17H2,1-2H3,(H,30,33)(H,31,35). The first kappa shape index (κ1) is 25.7. The SMILES string of the molecule is Cc1ccc2c(c1)OCCCNC(=O)C1(CCCCNC2=O)CCN(C(=O)c2ccncc2C)CC1. The van der Waals surface area contributed by atoms with Gasteiger partial charge in [-0.25, -0.2) is 0 Å². The molecule has 2 N–H and O–H groups in total. The van der Waals surface area contributed by atoms with Crippen molar-refractivity contribution >= 4 is 17.7 Å². The van der Waals surface area contributed by atoms with Crippen LogP contribution in [0.2, 0.25) is 0 Å². The van der Waals surface area contributed by atoms with E-state index in [0.717, 1.165) is 30.4 Å². The predicted molar refractivity (Wildman–Crippen MR) is 137 cm³/mol. The van der Waals surface area contributed by atoms with Gasteiger partial charge in [-0.2, -0.15) is 0 Å². The molecule has 1 aromatic carbocycles. The van der Waals surface area contributed by atoms with E-state index in [-0.39, 0.29) is 17.7 Å². The molecule has 1 saturated heterocycles. The number of rotatable bonds is 1. The van der Waals surface area contributed by atoms with Crippen molar-refractivity contribution in [3.05, 3.63) is 58.9 Å². The van der Waals surface area contributed by atoms with Crippen LogP contribution < -0.4 is 15.4 Å². The topological polar surface area (TPSA) is 101 Å². The lowest BCUT2D eigenvalue weighted by molar-refractivity contribution is -0.134. The number of aromatic nitrogens is 1. The fourth-order valence-electron chi connectivity index (χ4n) is 5.08. The van der Waals surface area contributed by atoms with E-state index in [4.69, 9.17) is 4.74 Å². The summed E-state index contributed by atoms with van der Waals surface area (Å²) in [5, 5.41) is 6.13. The first-order chi connectivity index (χ1) is 17.4. The van der Waals surface area contributed by atoms with Gasteiger partial charge in [0.25, 0.3) is 11.8 Å². The van der Waals surface area contributed by atoms with Gasteiger partial charge in [0.2, 0.25) is 5.91 Å². The van der Waals surface area contributed by atoms with E-state index in [1.807, 2.05) is 30.9 Å². The van der Waals surface area contributed by atoms with Crippen LogP contribution in [0.15, 0.2) is 36.7 Å². The van der Waals surface area contributed by atoms with Crippen molar-refractivity contribution in [2.45, 2.75) is 52.4 Å². The molecule has 0 saturated carbocycles. The molecule has 8 nitrogen and oxygen atoms in total. The molecular weight excluding hydrogens is 456 g/mol. The molecule has 2 aliphatic rings. The van der Waals surface area contributed by atoms with Crippen molar-refractivity contribution in [1.29, 1.82) is 0 Å². The van der Waals surface area contributed by atoms with Crippen LogP contribution in [0.5, 0.6) is 5.75 Å². The number of hydrogen-bond donors (Lipinski definition) is 2. The molecule has 4 rings (SSSR count). The van der Waals surface area contributed by atoms with E-state index < -0.39 is 5.41 Å². The Bertz CT molecular complexity index is 1110. The Labute approximate surface area is 212 Å². The zero-order valence-corrected chi connectivity index (χ0v) is 21.3. The number of carbonyl (C=O) groups excluding carboxylic acids is 3. The van der Waals surface area contributed by atoms with Crippen molar-refractivity contribution < 1.29 is 19.1 Å². The maximum Gasteiger partial charge on any atom is 0.255 e. The van der Waals surface area contributed by atoms with Gasteiger partial charge in [0, 0.05) is 44.1 Å². The van der Waals surface area contributed by atoms with Crippen LogP contribution in [0.4, 0.5) is 0 Å². The Kier molecular flexibility index (Phi) is 8.23. The van der Waals surface area contributed by atoms with Crippen molar-refractivity contribution in [2.24, 2.45) is 5.41 Å². The van der Waals surface area contributed by atoms with Gasteiger partial charge in [0.05, 0.1) is 17.6 Å². The van der Waals surface area contributed by atoms with Gasteiger partial charge in [-0.1, -0.05) is 12.5 Å². The number of nitrogens with zero attached hydrogens (tertiary/aromatic N) is 2. The van der Waals surface area contributed by atoms with Gasteiger partial charge in [0.15, 0.2) is 0 Å². The Morgan fingerprint density at radius 3 is 2.56 bits per heavy atom. The Balaban J connectivity index is 1.41. The van der Waals surface area contributed by atoms with Gasteiger partial charge in [0.1, 0.15) is 5.75 Å². The maximum atomic E-state index is 13.4. The van der Waals surface area contributed by atoms with Crippen LogP contribution in [0.1, 0.15) is 70.4 Å². The average Bonchev–Trinajstić information content (AvgIpc) is 2.88. The van der Waals surface area contributed by atoms with Gasteiger partial charge < -0.3 is 20.3 Å². The lowest BCUT2D eigenvalue weighted by Crippen LogP contribution is -2.50. The lowest BCUT2D eigenvalue weighted by Gasteiger charge is -2.41. The predicted octanol–water partition coefficient (Wildman–Crippen LogP) is 3.42. The molecule has 0 bridgehead atoms. The largest absolute Gasteiger partial charge is 0.493 e. The summed E-state index contributed by atoms with van der Waals surface area (Å²) >= 11 is 0. The molecule has 3 amide bonds. The highest BCUT2D eigenvalue weighted by molar-refractivity contribution is 5.97. The number of amides is 3. The summed E-state index contributed by atoms with van der Waals surface area (Å²) < 4.78 is 5.92. The fourth-order valence-corrected chi connectivity index (χ4v) is 5.08. The van der Waals surface area contributed by atoms with Crippen molar-refractivity contribution in [2.75, 3.05) is 32.8 Å². The van der Waals surface area contributed by atoms with Crippen LogP contribution in [-0.2, 0) is 4.79 Å². The molecule has 3 heterocycles. The minimum absolute atomic E-state index is 0.00281. The van der Waals surface area contributed by atoms with E-state index in [1.54, 1.807) is 24.5 Å². The normalized spacial score (nSPS) is 19.2. The van der Waals surface area contributed by atoms with Gasteiger partial charge >= 0.3 is 0 Å². The molecule has 36 heavy (non-hydrogen) atoms. The summed E-state index contributed by atoms with van der Waals surface area (Å²) in [6.07, 6.45) is 7.57. The Morgan fingerprint density at radius 2 is 1.78 bits per heavy atom. The molecular formula is C28H36N4O4. The molecule has 8 heteroatoms. The van der Waals surface area contributed by atoms with Crippen LogP contribution in [0, 0.1) is 19.3 Å². The summed E-state index contributed by atoms with van der Waals surface area (Å²) in [7, 11) is 0. The number of aryl methyl sites for hydroxylation is 2. The fraction of sp³-hybridized carbons (Fsp3) is 0.500. The summed E-state index contributed by atoms with van der Waals surface area (Å²) in [6, 6.07) is 7.35. The average molecular weight is 493 g/mol. The molecule has 0 aliphatic carbocycles. The quantitative estimate of drug-likeness (QED) is 0.635. The number of ether oxygens (including phenoxy) is 1. The second kappa shape index (κ2) is 11.5. The molecule has 192 valence electrons.